The van der Waals surface area contributed by atoms with Crippen LogP contribution >= 0.6 is 0 Å². The fraction of sp³-hybridized carbons (Fsp3) is 0.312. The second-order valence-electron chi connectivity index (χ2n) is 11.2. The van der Waals surface area contributed by atoms with Crippen LogP contribution in [0.1, 0.15) is 67.6 Å². The van der Waals surface area contributed by atoms with Crippen molar-refractivity contribution in [2.75, 3.05) is 13.2 Å². The number of nitrogens with one attached hydrogen (secondary N) is 1. The molecule has 1 N–H and O–H groups in total. The molecule has 1 heterocycles. The van der Waals surface area contributed by atoms with E-state index in [9.17, 15) is 9.59 Å². The molecule has 1 aliphatic heterocycles. The van der Waals surface area contributed by atoms with Gasteiger partial charge in [-0.15, -0.1) is 0 Å². The minimum atomic E-state index is -0.662. The summed E-state index contributed by atoms with van der Waals surface area (Å²) in [5.41, 5.74) is 5.76. The van der Waals surface area contributed by atoms with Crippen molar-refractivity contribution in [1.29, 1.82) is 0 Å². The van der Waals surface area contributed by atoms with Gasteiger partial charge in [-0.05, 0) is 74.0 Å². The fourth-order valence-electron chi connectivity index (χ4n) is 5.08. The Morgan fingerprint density at radius 3 is 2.08 bits per heavy atom. The number of hydrogen-bond acceptors (Lipinski definition) is 5. The number of ketones is 1. The maximum atomic E-state index is 12.9. The average molecular weight is 523 g/mol. The maximum absolute atomic E-state index is 12.9. The van der Waals surface area contributed by atoms with Gasteiger partial charge in [-0.3, -0.25) is 4.79 Å². The second-order valence-corrected chi connectivity index (χ2v) is 11.2. The lowest BCUT2D eigenvalue weighted by atomic mass is 9.77. The summed E-state index contributed by atoms with van der Waals surface area (Å²) < 4.78 is 18.3. The first-order valence-corrected chi connectivity index (χ1v) is 13.3. The summed E-state index contributed by atoms with van der Waals surface area (Å²) in [7, 11) is -0.662. The van der Waals surface area contributed by atoms with E-state index in [1.54, 1.807) is 6.07 Å². The molecule has 6 nitrogen and oxygen atoms in total. The van der Waals surface area contributed by atoms with E-state index in [0.29, 0.717) is 5.56 Å². The zero-order valence-electron chi connectivity index (χ0n) is 23.1. The fourth-order valence-corrected chi connectivity index (χ4v) is 5.08. The number of fused-ring (bicyclic) bond motifs is 3. The van der Waals surface area contributed by atoms with Gasteiger partial charge in [0.2, 0.25) is 0 Å². The molecule has 0 atom stereocenters. The van der Waals surface area contributed by atoms with Gasteiger partial charge >= 0.3 is 13.2 Å². The van der Waals surface area contributed by atoms with Gasteiger partial charge < -0.3 is 19.4 Å². The zero-order valence-corrected chi connectivity index (χ0v) is 23.1. The minimum absolute atomic E-state index is 0.0146. The van der Waals surface area contributed by atoms with Crippen LogP contribution < -0.4 is 5.32 Å². The number of carbonyl (C=O) groups excluding carboxylic acids is 2. The third-order valence-electron chi connectivity index (χ3n) is 7.98. The second kappa shape index (κ2) is 10.5. The predicted octanol–water partition coefficient (Wildman–Crippen LogP) is 6.44. The molecule has 3 aromatic carbocycles. The van der Waals surface area contributed by atoms with Crippen LogP contribution in [0.2, 0.25) is 0 Å². The van der Waals surface area contributed by atoms with Gasteiger partial charge in [0.1, 0.15) is 6.61 Å². The topological polar surface area (TPSA) is 73.9 Å². The van der Waals surface area contributed by atoms with Crippen LogP contribution in [0, 0.1) is 0 Å². The number of carbonyl (C=O) groups is 2. The van der Waals surface area contributed by atoms with Crippen molar-refractivity contribution in [3.63, 3.8) is 0 Å². The van der Waals surface area contributed by atoms with E-state index in [2.05, 4.69) is 29.6 Å². The summed E-state index contributed by atoms with van der Waals surface area (Å²) in [6, 6.07) is 23.8. The highest BCUT2D eigenvalue weighted by atomic mass is 16.7. The number of hydrogen-bond donors (Lipinski definition) is 1. The molecule has 0 bridgehead atoms. The molecule has 3 aromatic rings. The van der Waals surface area contributed by atoms with Gasteiger partial charge in [0.05, 0.1) is 11.2 Å². The highest BCUT2D eigenvalue weighted by molar-refractivity contribution is 6.56. The normalized spacial score (nSPS) is 17.5. The van der Waals surface area contributed by atoms with E-state index in [4.69, 9.17) is 14.0 Å². The minimum Gasteiger partial charge on any atom is -0.449 e. The van der Waals surface area contributed by atoms with E-state index in [1.807, 2.05) is 76.2 Å². The first-order chi connectivity index (χ1) is 18.6. The van der Waals surface area contributed by atoms with Crippen molar-refractivity contribution in [3.8, 4) is 11.1 Å². The zero-order chi connectivity index (χ0) is 27.8. The van der Waals surface area contributed by atoms with Gasteiger partial charge in [-0.25, -0.2) is 4.79 Å². The Kier molecular flexibility index (Phi) is 7.23. The number of Topliss-reactive ketones (excluding diaryl/α,β-unsaturated/α-hetero) is 1. The van der Waals surface area contributed by atoms with Crippen molar-refractivity contribution < 1.29 is 23.6 Å². The SMILES string of the molecule is CC(=O)c1cccc(C=C(CNC(=O)OCC2c3ccccc3-c3ccccc32)B2OC(C)(C)C(C)(C)O2)c1. The van der Waals surface area contributed by atoms with Crippen LogP contribution in [0.3, 0.4) is 0 Å². The van der Waals surface area contributed by atoms with Gasteiger partial charge in [0.25, 0.3) is 0 Å². The molecule has 0 saturated carbocycles. The smallest absolute Gasteiger partial charge is 0.449 e. The Bertz CT molecular complexity index is 1380. The molecule has 39 heavy (non-hydrogen) atoms. The Hall–Kier alpha value is -3.68. The highest BCUT2D eigenvalue weighted by Gasteiger charge is 2.52. The summed E-state index contributed by atoms with van der Waals surface area (Å²) in [4.78, 5) is 24.8. The van der Waals surface area contributed by atoms with Crippen LogP contribution in [0.5, 0.6) is 0 Å². The number of ether oxygens (including phenoxy) is 1. The van der Waals surface area contributed by atoms with Crippen molar-refractivity contribution in [1.82, 2.24) is 5.32 Å². The first kappa shape index (κ1) is 26.9. The van der Waals surface area contributed by atoms with E-state index in [1.165, 1.54) is 18.1 Å². The van der Waals surface area contributed by atoms with E-state index in [0.717, 1.165) is 22.2 Å². The Morgan fingerprint density at radius 1 is 0.897 bits per heavy atom. The van der Waals surface area contributed by atoms with Crippen molar-refractivity contribution in [2.45, 2.75) is 51.7 Å². The largest absolute Gasteiger partial charge is 0.492 e. The van der Waals surface area contributed by atoms with Crippen LogP contribution in [0.25, 0.3) is 17.2 Å². The highest BCUT2D eigenvalue weighted by Crippen LogP contribution is 2.44. The molecule has 1 aliphatic carbocycles. The van der Waals surface area contributed by atoms with E-state index in [-0.39, 0.29) is 24.9 Å². The Balaban J connectivity index is 1.31. The standard InChI is InChI=1S/C32H34BNO5/c1-21(35)23-12-10-11-22(17-23)18-24(33-38-31(2,3)32(4,5)39-33)19-34-30(36)37-20-29-27-15-8-6-13-25(27)26-14-7-9-16-28(26)29/h6-18,29H,19-20H2,1-5H3,(H,34,36). The van der Waals surface area contributed by atoms with Crippen LogP contribution in [-0.4, -0.2) is 43.3 Å². The van der Waals surface area contributed by atoms with Crippen molar-refractivity contribution in [3.05, 3.63) is 101 Å². The number of benzene rings is 3. The van der Waals surface area contributed by atoms with Crippen LogP contribution in [0.4, 0.5) is 4.79 Å². The molecule has 7 heteroatoms. The van der Waals surface area contributed by atoms with Gasteiger partial charge in [0, 0.05) is 18.0 Å². The number of rotatable bonds is 7. The molecular formula is C32H34BNO5. The third-order valence-corrected chi connectivity index (χ3v) is 7.98. The summed E-state index contributed by atoms with van der Waals surface area (Å²) in [5, 5.41) is 2.89. The number of amides is 1. The Labute approximate surface area is 230 Å². The first-order valence-electron chi connectivity index (χ1n) is 13.3. The molecule has 5 rings (SSSR count). The summed E-state index contributed by atoms with van der Waals surface area (Å²) in [6.07, 6.45) is 1.38. The van der Waals surface area contributed by atoms with Gasteiger partial charge in [0.15, 0.2) is 5.78 Å². The van der Waals surface area contributed by atoms with E-state index >= 15 is 0 Å². The maximum Gasteiger partial charge on any atom is 0.492 e. The Morgan fingerprint density at radius 2 is 1.49 bits per heavy atom. The molecule has 0 aromatic heterocycles. The van der Waals surface area contributed by atoms with Crippen LogP contribution in [-0.2, 0) is 14.0 Å². The molecule has 0 radical (unpaired) electrons. The summed E-state index contributed by atoms with van der Waals surface area (Å²) >= 11 is 0. The molecule has 0 spiro atoms. The molecule has 1 fully saturated rings. The number of alkyl carbamates (subject to hydrolysis) is 1. The predicted molar refractivity (Wildman–Crippen MR) is 154 cm³/mol. The van der Waals surface area contributed by atoms with Gasteiger partial charge in [-0.1, -0.05) is 72.8 Å². The van der Waals surface area contributed by atoms with Crippen LogP contribution in [0.15, 0.2) is 78.3 Å². The molecule has 2 aliphatic rings. The van der Waals surface area contributed by atoms with E-state index < -0.39 is 24.4 Å². The lowest BCUT2D eigenvalue weighted by Gasteiger charge is -2.32. The molecular weight excluding hydrogens is 489 g/mol. The average Bonchev–Trinajstić information content (AvgIpc) is 3.34. The van der Waals surface area contributed by atoms with Crippen molar-refractivity contribution >= 4 is 25.1 Å². The molecule has 0 unspecified atom stereocenters. The summed E-state index contributed by atoms with van der Waals surface area (Å²) in [5.74, 6) is -0.0326. The lowest BCUT2D eigenvalue weighted by molar-refractivity contribution is 0.00578. The van der Waals surface area contributed by atoms with Gasteiger partial charge in [-0.2, -0.15) is 0 Å². The molecule has 1 amide bonds. The summed E-state index contributed by atoms with van der Waals surface area (Å²) in [6.45, 7) is 9.88. The quantitative estimate of drug-likeness (QED) is 0.285. The van der Waals surface area contributed by atoms with Crippen molar-refractivity contribution in [2.24, 2.45) is 0 Å². The monoisotopic (exact) mass is 523 g/mol. The molecule has 200 valence electrons. The lowest BCUT2D eigenvalue weighted by Crippen LogP contribution is -2.41. The third kappa shape index (κ3) is 5.42. The molecule has 1 saturated heterocycles.